The van der Waals surface area contributed by atoms with Crippen LogP contribution in [0.3, 0.4) is 0 Å². The Kier molecular flexibility index (Phi) is 16.5. The molecule has 0 radical (unpaired) electrons. The maximum absolute atomic E-state index is 13.8. The van der Waals surface area contributed by atoms with E-state index in [4.69, 9.17) is 5.26 Å². The Balaban J connectivity index is 1.80. The van der Waals surface area contributed by atoms with Gasteiger partial charge in [-0.2, -0.15) is 29.8 Å². The first-order chi connectivity index (χ1) is 28.8. The fourth-order valence-electron chi connectivity index (χ4n) is 7.60. The van der Waals surface area contributed by atoms with Crippen molar-refractivity contribution in [1.82, 2.24) is 10.6 Å². The number of amides is 2. The lowest BCUT2D eigenvalue weighted by atomic mass is 9.79. The van der Waals surface area contributed by atoms with E-state index in [1.165, 1.54) is 18.2 Å². The van der Waals surface area contributed by atoms with Gasteiger partial charge in [0.05, 0.1) is 33.8 Å². The molecule has 0 bridgehead atoms. The molecule has 2 aliphatic rings. The molecule has 2 amide bonds. The Bertz CT molecular complexity index is 2530. The molecule has 0 unspecified atom stereocenters. The number of nitrogens with zero attached hydrogens (tertiary/aromatic N) is 2. The van der Waals surface area contributed by atoms with Crippen molar-refractivity contribution in [2.45, 2.75) is 51.4 Å². The number of hydrogen-bond acceptors (Lipinski definition) is 14. The van der Waals surface area contributed by atoms with Crippen molar-refractivity contribution >= 4 is 77.3 Å². The Labute approximate surface area is 363 Å². The van der Waals surface area contributed by atoms with Crippen LogP contribution >= 0.6 is 12.0 Å². The summed E-state index contributed by atoms with van der Waals surface area (Å²) in [7, 11) is -13.1. The third-order valence-corrected chi connectivity index (χ3v) is 12.9. The number of rotatable bonds is 22. The summed E-state index contributed by atoms with van der Waals surface area (Å²) in [4.78, 5) is 41.1. The first kappa shape index (κ1) is 50.1. The molecule has 2 heterocycles. The molecule has 0 spiro atoms. The van der Waals surface area contributed by atoms with Crippen molar-refractivity contribution in [2.24, 2.45) is 0 Å². The first-order valence-corrected chi connectivity index (χ1v) is 24.6. The van der Waals surface area contributed by atoms with Gasteiger partial charge in [-0.1, -0.05) is 43.2 Å². The number of carbonyl (C=O) groups is 3. The second-order valence-electron chi connectivity index (χ2n) is 15.2. The van der Waals surface area contributed by atoms with Gasteiger partial charge in [0.2, 0.25) is 5.69 Å². The van der Waals surface area contributed by atoms with Crippen LogP contribution in [0.25, 0.3) is 0 Å². The van der Waals surface area contributed by atoms with Crippen molar-refractivity contribution in [3.05, 3.63) is 94.2 Å². The molecular weight excluding hydrogens is 897 g/mol. The van der Waals surface area contributed by atoms with E-state index < -0.39 is 82.8 Å². The first-order valence-electron chi connectivity index (χ1n) is 18.8. The van der Waals surface area contributed by atoms with E-state index in [-0.39, 0.29) is 54.9 Å². The number of hydrogen-bond donors (Lipinski definition) is 7. The lowest BCUT2D eigenvalue weighted by Crippen LogP contribution is -2.32. The van der Waals surface area contributed by atoms with E-state index in [0.29, 0.717) is 46.0 Å². The summed E-state index contributed by atoms with van der Waals surface area (Å²) in [5.74, 6) is -4.35. The molecule has 24 heteroatoms. The van der Waals surface area contributed by atoms with Crippen molar-refractivity contribution in [3.63, 3.8) is 0 Å². The molecule has 20 nitrogen and oxygen atoms in total. The third-order valence-electron chi connectivity index (χ3n) is 10.1. The fourth-order valence-corrected chi connectivity index (χ4v) is 9.24. The zero-order valence-electron chi connectivity index (χ0n) is 34.1. The van der Waals surface area contributed by atoms with E-state index >= 15 is 0 Å². The maximum Gasteiger partial charge on any atom is 0.336 e. The highest BCUT2D eigenvalue weighted by atomic mass is 32.2. The predicted molar refractivity (Wildman–Crippen MR) is 230 cm³/mol. The second-order valence-corrected chi connectivity index (χ2v) is 20.7. The molecule has 2 aliphatic heterocycles. The van der Waals surface area contributed by atoms with Crippen LogP contribution in [0.15, 0.2) is 66.4 Å². The van der Waals surface area contributed by atoms with Crippen molar-refractivity contribution in [1.29, 1.82) is 0 Å². The lowest BCUT2D eigenvalue weighted by Gasteiger charge is -2.27. The molecule has 0 aliphatic carbocycles. The van der Waals surface area contributed by atoms with E-state index in [9.17, 15) is 58.4 Å². The van der Waals surface area contributed by atoms with Gasteiger partial charge in [-0.3, -0.25) is 23.2 Å². The van der Waals surface area contributed by atoms with Crippen LogP contribution < -0.4 is 15.5 Å². The van der Waals surface area contributed by atoms with Gasteiger partial charge in [-0.25, -0.2) is 10.1 Å². The summed E-state index contributed by atoms with van der Waals surface area (Å²) in [5, 5.41) is 27.0. The van der Waals surface area contributed by atoms with Crippen LogP contribution in [0, 0.1) is 0 Å². The Morgan fingerprint density at radius 3 is 2.08 bits per heavy atom. The Morgan fingerprint density at radius 1 is 0.806 bits per heavy atom. The minimum atomic E-state index is -4.45. The molecule has 62 heavy (non-hydrogen) atoms. The van der Waals surface area contributed by atoms with Crippen LogP contribution in [0.2, 0.25) is 0 Å². The third kappa shape index (κ3) is 12.8. The van der Waals surface area contributed by atoms with Gasteiger partial charge in [-0.15, -0.1) is 4.33 Å². The van der Waals surface area contributed by atoms with Gasteiger partial charge in [0.1, 0.15) is 6.54 Å². The number of aromatic carboxylic acids is 1. The van der Waals surface area contributed by atoms with Gasteiger partial charge in [0.15, 0.2) is 5.71 Å². The number of benzene rings is 2. The van der Waals surface area contributed by atoms with E-state index in [0.717, 1.165) is 0 Å². The molecule has 4 rings (SSSR count). The zero-order chi connectivity index (χ0) is 46.3. The molecule has 2 aromatic carbocycles. The predicted octanol–water partition coefficient (Wildman–Crippen LogP) is 3.53. The smallest absolute Gasteiger partial charge is 0.336 e. The van der Waals surface area contributed by atoms with Gasteiger partial charge >= 0.3 is 5.97 Å². The van der Waals surface area contributed by atoms with Crippen molar-refractivity contribution in [2.75, 3.05) is 54.1 Å². The van der Waals surface area contributed by atoms with E-state index in [1.807, 2.05) is 13.8 Å². The molecule has 0 aromatic heterocycles. The van der Waals surface area contributed by atoms with Gasteiger partial charge in [-0.05, 0) is 44.5 Å². The topological polar surface area (TPSA) is 304 Å². The minimum absolute atomic E-state index is 0.00675. The summed E-state index contributed by atoms with van der Waals surface area (Å²) < 4.78 is 104. The van der Waals surface area contributed by atoms with Gasteiger partial charge < -0.3 is 20.6 Å². The SMILES string of the molecule is CC1(C)C(/C=C/C=C/C=C2/N(CCCS(=O)(=O)O)c3cc(C(=O)NCCSOOO)cc(C(=O)NCCS(=O)(=O)O)c3C2(C)C)=[N+](CCCS(=O)(=O)O)c2cccc(C(=O)O)c21. The molecule has 0 fully saturated rings. The van der Waals surface area contributed by atoms with E-state index in [2.05, 4.69) is 20.0 Å². The molecule has 0 atom stereocenters. The highest BCUT2D eigenvalue weighted by Crippen LogP contribution is 2.50. The zero-order valence-corrected chi connectivity index (χ0v) is 37.4. The van der Waals surface area contributed by atoms with Crippen molar-refractivity contribution in [3.8, 4) is 0 Å². The standard InChI is InChI=1S/C38H48N4O16S4/c1-37(2)30(41(17-9-20-60(48,49)50)28-12-8-11-26(32(28)37)36(45)46)13-6-5-7-14-31-38(3,4)33-27(35(44)40-16-22-62(54,55)56)23-25(34(43)39-15-19-59-58-57-47)24-29(33)42(31)18-10-21-61(51,52)53/h5-8,11-14,23-24H,9-10,15-22H2,1-4H3,(H6-,39,40,43,44,45,46,47,48,49,50,51,52,53,54,55,56)/p+1. The normalized spacial score (nSPS) is 16.6. The largest absolute Gasteiger partial charge is 0.478 e. The summed E-state index contributed by atoms with van der Waals surface area (Å²) in [5.41, 5.74) is 1.08. The van der Waals surface area contributed by atoms with Crippen LogP contribution in [-0.2, 0) is 50.6 Å². The Morgan fingerprint density at radius 2 is 1.45 bits per heavy atom. The lowest BCUT2D eigenvalue weighted by molar-refractivity contribution is -0.437. The fraction of sp³-hybridized carbons (Fsp3) is 0.421. The molecular formula is C38H49N4O16S4+. The van der Waals surface area contributed by atoms with Crippen LogP contribution in [0.1, 0.15) is 82.7 Å². The molecule has 340 valence electrons. The number of carboxylic acids is 1. The second kappa shape index (κ2) is 20.3. The molecule has 0 saturated heterocycles. The number of carboxylic acid groups (broad SMARTS) is 1. The number of allylic oxidation sites excluding steroid dienone is 6. The average molecular weight is 946 g/mol. The monoisotopic (exact) mass is 945 g/mol. The van der Waals surface area contributed by atoms with E-state index in [1.54, 1.807) is 65.8 Å². The average Bonchev–Trinajstić information content (AvgIpc) is 3.50. The Hall–Kier alpha value is -4.50. The van der Waals surface area contributed by atoms with Crippen molar-refractivity contribution < 1.29 is 77.6 Å². The summed E-state index contributed by atoms with van der Waals surface area (Å²) in [6.45, 7) is 6.88. The highest BCUT2D eigenvalue weighted by Gasteiger charge is 2.47. The number of anilines is 1. The van der Waals surface area contributed by atoms with Crippen LogP contribution in [0.5, 0.6) is 0 Å². The highest BCUT2D eigenvalue weighted by molar-refractivity contribution is 7.94. The number of nitrogens with one attached hydrogen (secondary N) is 2. The summed E-state index contributed by atoms with van der Waals surface area (Å²) in [6.07, 6.45) is 8.38. The molecule has 2 aromatic rings. The molecule has 7 N–H and O–H groups in total. The maximum atomic E-state index is 13.8. The number of fused-ring (bicyclic) bond motifs is 2. The van der Waals surface area contributed by atoms with Crippen LogP contribution in [0.4, 0.5) is 11.4 Å². The van der Waals surface area contributed by atoms with Gasteiger partial charge in [0.25, 0.3) is 42.2 Å². The number of carbonyl (C=O) groups excluding carboxylic acids is 2. The summed E-state index contributed by atoms with van der Waals surface area (Å²) >= 11 is 0.691. The minimum Gasteiger partial charge on any atom is -0.478 e. The molecule has 0 saturated carbocycles. The quantitative estimate of drug-likeness (QED) is 0.0169. The van der Waals surface area contributed by atoms with Crippen LogP contribution in [-0.4, -0.2) is 127 Å². The van der Waals surface area contributed by atoms with Gasteiger partial charge in [0, 0.05) is 89.5 Å². The summed E-state index contributed by atoms with van der Waals surface area (Å²) in [6, 6.07) is 7.61.